The maximum Gasteiger partial charge on any atom is 0.234 e. The molecule has 7 nitrogen and oxygen atoms in total. The molecule has 1 aliphatic carbocycles. The summed E-state index contributed by atoms with van der Waals surface area (Å²) in [6, 6.07) is 15.0. The molecule has 2 amide bonds. The van der Waals surface area contributed by atoms with E-state index in [4.69, 9.17) is 0 Å². The average molecular weight is 422 g/mol. The third-order valence-electron chi connectivity index (χ3n) is 4.70. The normalized spacial score (nSPS) is 13.1. The highest BCUT2D eigenvalue weighted by atomic mass is 32.2. The van der Waals surface area contributed by atoms with Crippen LogP contribution in [0.5, 0.6) is 0 Å². The van der Waals surface area contributed by atoms with Crippen LogP contribution in [0.15, 0.2) is 48.5 Å². The highest BCUT2D eigenvalue weighted by Crippen LogP contribution is 2.38. The average Bonchev–Trinajstić information content (AvgIpc) is 3.47. The van der Waals surface area contributed by atoms with E-state index >= 15 is 0 Å². The first-order valence-corrected chi connectivity index (χ1v) is 11.0. The molecule has 4 rings (SSSR count). The summed E-state index contributed by atoms with van der Waals surface area (Å²) in [6.45, 7) is 1.99. The Morgan fingerprint density at radius 1 is 0.967 bits per heavy atom. The van der Waals surface area contributed by atoms with E-state index in [0.717, 1.165) is 22.6 Å². The fourth-order valence-electron chi connectivity index (χ4n) is 2.91. The van der Waals surface area contributed by atoms with Crippen molar-refractivity contribution in [2.45, 2.75) is 25.7 Å². The van der Waals surface area contributed by atoms with Crippen LogP contribution in [0.3, 0.4) is 0 Å². The molecule has 1 aliphatic rings. The SMILES string of the molecule is Cc1ccc(NC(=O)CSCC(=O)Nc2ccc(-c3n[nH]c(C4CC4)n3)cc2)cc1. The highest BCUT2D eigenvalue weighted by Gasteiger charge is 2.27. The zero-order valence-corrected chi connectivity index (χ0v) is 17.5. The quantitative estimate of drug-likeness (QED) is 0.511. The van der Waals surface area contributed by atoms with Gasteiger partial charge in [-0.15, -0.1) is 11.8 Å². The second kappa shape index (κ2) is 9.13. The lowest BCUT2D eigenvalue weighted by Gasteiger charge is -2.07. The van der Waals surface area contributed by atoms with Gasteiger partial charge in [-0.25, -0.2) is 4.98 Å². The smallest absolute Gasteiger partial charge is 0.234 e. The van der Waals surface area contributed by atoms with E-state index in [1.165, 1.54) is 24.6 Å². The molecule has 1 fully saturated rings. The Hall–Kier alpha value is -3.13. The number of nitrogens with zero attached hydrogens (tertiary/aromatic N) is 2. The van der Waals surface area contributed by atoms with E-state index < -0.39 is 0 Å². The second-order valence-corrected chi connectivity index (χ2v) is 8.34. The van der Waals surface area contributed by atoms with E-state index in [0.29, 0.717) is 17.4 Å². The number of aromatic nitrogens is 3. The van der Waals surface area contributed by atoms with Crippen LogP contribution in [0.1, 0.15) is 30.1 Å². The van der Waals surface area contributed by atoms with Crippen molar-refractivity contribution in [2.24, 2.45) is 0 Å². The van der Waals surface area contributed by atoms with E-state index in [1.54, 1.807) is 0 Å². The molecule has 3 aromatic rings. The molecule has 1 heterocycles. The number of nitrogens with one attached hydrogen (secondary N) is 3. The van der Waals surface area contributed by atoms with Gasteiger partial charge in [0.05, 0.1) is 11.5 Å². The Morgan fingerprint density at radius 3 is 2.10 bits per heavy atom. The number of carbonyl (C=O) groups is 2. The number of aromatic amines is 1. The zero-order chi connectivity index (χ0) is 20.9. The minimum Gasteiger partial charge on any atom is -0.325 e. The number of hydrogen-bond acceptors (Lipinski definition) is 5. The van der Waals surface area contributed by atoms with Crippen molar-refractivity contribution < 1.29 is 9.59 Å². The van der Waals surface area contributed by atoms with Crippen molar-refractivity contribution in [3.63, 3.8) is 0 Å². The van der Waals surface area contributed by atoms with Gasteiger partial charge >= 0.3 is 0 Å². The topological polar surface area (TPSA) is 99.8 Å². The van der Waals surface area contributed by atoms with Crippen molar-refractivity contribution in [3.05, 3.63) is 59.9 Å². The van der Waals surface area contributed by atoms with Gasteiger partial charge in [0.2, 0.25) is 11.8 Å². The lowest BCUT2D eigenvalue weighted by atomic mass is 10.2. The first kappa shape index (κ1) is 20.2. The third-order valence-corrected chi connectivity index (χ3v) is 5.63. The largest absolute Gasteiger partial charge is 0.325 e. The first-order chi connectivity index (χ1) is 14.6. The summed E-state index contributed by atoms with van der Waals surface area (Å²) in [6.07, 6.45) is 2.34. The molecule has 2 aromatic carbocycles. The minimum absolute atomic E-state index is 0.127. The Balaban J connectivity index is 1.20. The van der Waals surface area contributed by atoms with Crippen LogP contribution in [0.25, 0.3) is 11.4 Å². The van der Waals surface area contributed by atoms with Gasteiger partial charge in [-0.05, 0) is 56.2 Å². The van der Waals surface area contributed by atoms with E-state index in [-0.39, 0.29) is 23.3 Å². The summed E-state index contributed by atoms with van der Waals surface area (Å²) < 4.78 is 0. The van der Waals surface area contributed by atoms with Crippen LogP contribution in [0.4, 0.5) is 11.4 Å². The van der Waals surface area contributed by atoms with Crippen molar-refractivity contribution in [1.82, 2.24) is 15.2 Å². The summed E-state index contributed by atoms with van der Waals surface area (Å²) >= 11 is 1.27. The Morgan fingerprint density at radius 2 is 1.53 bits per heavy atom. The van der Waals surface area contributed by atoms with E-state index in [1.807, 2.05) is 55.5 Å². The van der Waals surface area contributed by atoms with Crippen molar-refractivity contribution >= 4 is 35.0 Å². The van der Waals surface area contributed by atoms with Crippen LogP contribution in [-0.4, -0.2) is 38.5 Å². The number of rotatable bonds is 8. The van der Waals surface area contributed by atoms with Gasteiger partial charge < -0.3 is 10.6 Å². The standard InChI is InChI=1S/C22H23N5O2S/c1-14-2-8-17(9-3-14)23-19(28)12-30-13-20(29)24-18-10-6-16(7-11-18)22-25-21(26-27-22)15-4-5-15/h2-3,6-11,15H,4-5,12-13H2,1H3,(H,23,28)(H,24,29)(H,25,26,27). The molecule has 8 heteroatoms. The van der Waals surface area contributed by atoms with E-state index in [2.05, 4.69) is 25.8 Å². The molecular weight excluding hydrogens is 398 g/mol. The minimum atomic E-state index is -0.148. The summed E-state index contributed by atoms with van der Waals surface area (Å²) in [5.41, 5.74) is 3.49. The number of anilines is 2. The lowest BCUT2D eigenvalue weighted by molar-refractivity contribution is -0.114. The number of hydrogen-bond donors (Lipinski definition) is 3. The molecule has 1 aromatic heterocycles. The zero-order valence-electron chi connectivity index (χ0n) is 16.6. The number of H-pyrrole nitrogens is 1. The molecule has 1 saturated carbocycles. The molecule has 154 valence electrons. The fourth-order valence-corrected chi connectivity index (χ4v) is 3.53. The van der Waals surface area contributed by atoms with Crippen molar-refractivity contribution in [3.8, 4) is 11.4 Å². The molecule has 0 aliphatic heterocycles. The Labute approximate surface area is 179 Å². The number of benzene rings is 2. The predicted molar refractivity (Wildman–Crippen MR) is 120 cm³/mol. The van der Waals surface area contributed by atoms with Crippen LogP contribution >= 0.6 is 11.8 Å². The molecule has 0 radical (unpaired) electrons. The molecular formula is C22H23N5O2S. The summed E-state index contributed by atoms with van der Waals surface area (Å²) in [5, 5.41) is 12.9. The lowest BCUT2D eigenvalue weighted by Crippen LogP contribution is -2.18. The van der Waals surface area contributed by atoms with Gasteiger partial charge in [-0.2, -0.15) is 5.10 Å². The van der Waals surface area contributed by atoms with Gasteiger partial charge in [0.25, 0.3) is 0 Å². The summed E-state index contributed by atoms with van der Waals surface area (Å²) in [5.74, 6) is 2.29. The van der Waals surface area contributed by atoms with Gasteiger partial charge in [0.15, 0.2) is 5.82 Å². The molecule has 0 atom stereocenters. The Kier molecular flexibility index (Phi) is 6.13. The maximum atomic E-state index is 12.1. The van der Waals surface area contributed by atoms with Crippen molar-refractivity contribution in [1.29, 1.82) is 0 Å². The fraction of sp³-hybridized carbons (Fsp3) is 0.273. The van der Waals surface area contributed by atoms with Crippen LogP contribution < -0.4 is 10.6 Å². The van der Waals surface area contributed by atoms with Crippen LogP contribution in [0.2, 0.25) is 0 Å². The van der Waals surface area contributed by atoms with Crippen molar-refractivity contribution in [2.75, 3.05) is 22.1 Å². The number of aryl methyl sites for hydroxylation is 1. The number of carbonyl (C=O) groups excluding carboxylic acids is 2. The second-order valence-electron chi connectivity index (χ2n) is 7.35. The molecule has 0 bridgehead atoms. The third kappa shape index (κ3) is 5.48. The molecule has 3 N–H and O–H groups in total. The van der Waals surface area contributed by atoms with Gasteiger partial charge in [0, 0.05) is 22.9 Å². The van der Waals surface area contributed by atoms with E-state index in [9.17, 15) is 9.59 Å². The molecule has 0 unspecified atom stereocenters. The monoisotopic (exact) mass is 421 g/mol. The summed E-state index contributed by atoms with van der Waals surface area (Å²) in [7, 11) is 0. The highest BCUT2D eigenvalue weighted by molar-refractivity contribution is 8.00. The molecule has 0 spiro atoms. The molecule has 30 heavy (non-hydrogen) atoms. The molecule has 0 saturated heterocycles. The van der Waals surface area contributed by atoms with Crippen LogP contribution in [-0.2, 0) is 9.59 Å². The van der Waals surface area contributed by atoms with Crippen LogP contribution in [0, 0.1) is 6.92 Å². The number of thioether (sulfide) groups is 1. The Bertz CT molecular complexity index is 1030. The van der Waals surface area contributed by atoms with Gasteiger partial charge in [-0.1, -0.05) is 17.7 Å². The summed E-state index contributed by atoms with van der Waals surface area (Å²) in [4.78, 5) is 28.6. The maximum absolute atomic E-state index is 12.1. The first-order valence-electron chi connectivity index (χ1n) is 9.84. The predicted octanol–water partition coefficient (Wildman–Crippen LogP) is 3.97. The number of amides is 2. The van der Waals surface area contributed by atoms with Gasteiger partial charge in [-0.3, -0.25) is 14.7 Å². The van der Waals surface area contributed by atoms with Gasteiger partial charge in [0.1, 0.15) is 5.82 Å².